The van der Waals surface area contributed by atoms with Crippen LogP contribution in [0.2, 0.25) is 0 Å². The van der Waals surface area contributed by atoms with E-state index in [9.17, 15) is 4.79 Å². The number of carbonyl (C=O) groups excluding carboxylic acids is 1. The molecule has 1 amide bonds. The predicted molar refractivity (Wildman–Crippen MR) is 76.4 cm³/mol. The maximum Gasteiger partial charge on any atom is 0.414 e. The van der Waals surface area contributed by atoms with E-state index in [2.05, 4.69) is 26.6 Å². The number of nitriles is 1. The van der Waals surface area contributed by atoms with Gasteiger partial charge in [0.15, 0.2) is 5.82 Å². The van der Waals surface area contributed by atoms with E-state index >= 15 is 0 Å². The summed E-state index contributed by atoms with van der Waals surface area (Å²) >= 11 is 0. The van der Waals surface area contributed by atoms with Crippen molar-refractivity contribution in [1.82, 2.24) is 15.2 Å². The summed E-state index contributed by atoms with van der Waals surface area (Å²) < 4.78 is 5.11. The average Bonchev–Trinajstić information content (AvgIpc) is 2.85. The molecule has 21 heavy (non-hydrogen) atoms. The van der Waals surface area contributed by atoms with Crippen LogP contribution in [0, 0.1) is 11.3 Å². The zero-order chi connectivity index (χ0) is 15.5. The van der Waals surface area contributed by atoms with Crippen LogP contribution in [-0.4, -0.2) is 26.9 Å². The minimum absolute atomic E-state index is 0.113. The van der Waals surface area contributed by atoms with Gasteiger partial charge in [0.25, 0.3) is 5.95 Å². The third kappa shape index (κ3) is 4.04. The fourth-order valence-corrected chi connectivity index (χ4v) is 1.58. The molecule has 0 atom stereocenters. The Hall–Kier alpha value is -2.88. The first-order valence-electron chi connectivity index (χ1n) is 6.30. The van der Waals surface area contributed by atoms with Crippen LogP contribution in [0.25, 0.3) is 11.4 Å². The number of H-pyrrole nitrogens is 1. The van der Waals surface area contributed by atoms with Crippen molar-refractivity contribution in [1.29, 1.82) is 5.26 Å². The zero-order valence-corrected chi connectivity index (χ0v) is 12.0. The van der Waals surface area contributed by atoms with Gasteiger partial charge in [-0.25, -0.2) is 4.79 Å². The highest BCUT2D eigenvalue weighted by Crippen LogP contribution is 2.17. The van der Waals surface area contributed by atoms with E-state index < -0.39 is 11.7 Å². The summed E-state index contributed by atoms with van der Waals surface area (Å²) in [5.41, 5.74) is 0.633. The van der Waals surface area contributed by atoms with Crippen LogP contribution >= 0.6 is 0 Å². The molecule has 2 aromatic rings. The van der Waals surface area contributed by atoms with Gasteiger partial charge >= 0.3 is 6.09 Å². The first-order valence-corrected chi connectivity index (χ1v) is 6.30. The quantitative estimate of drug-likeness (QED) is 0.882. The van der Waals surface area contributed by atoms with Crippen LogP contribution in [0.15, 0.2) is 24.3 Å². The maximum atomic E-state index is 11.6. The van der Waals surface area contributed by atoms with Gasteiger partial charge in [-0.15, -0.1) is 5.10 Å². The SMILES string of the molecule is CC(C)(C)OC(=O)Nc1n[nH]c(-c2cccc(C#N)c2)n1. The Morgan fingerprint density at radius 1 is 1.43 bits per heavy atom. The van der Waals surface area contributed by atoms with Crippen molar-refractivity contribution in [2.45, 2.75) is 26.4 Å². The summed E-state index contributed by atoms with van der Waals surface area (Å²) in [5.74, 6) is 0.569. The standard InChI is InChI=1S/C14H15N5O2/c1-14(2,3)21-13(20)17-12-16-11(18-19-12)10-6-4-5-9(7-10)8-15/h4-7H,1-3H3,(H2,16,17,18,19,20). The van der Waals surface area contributed by atoms with Gasteiger partial charge in [-0.3, -0.25) is 10.4 Å². The van der Waals surface area contributed by atoms with Crippen LogP contribution in [-0.2, 0) is 4.74 Å². The molecule has 0 saturated heterocycles. The average molecular weight is 285 g/mol. The summed E-state index contributed by atoms with van der Waals surface area (Å²) in [4.78, 5) is 15.7. The number of hydrogen-bond donors (Lipinski definition) is 2. The normalized spacial score (nSPS) is 10.8. The molecule has 0 spiro atoms. The van der Waals surface area contributed by atoms with Gasteiger partial charge in [0.1, 0.15) is 5.60 Å². The minimum atomic E-state index is -0.626. The molecule has 0 aliphatic rings. The van der Waals surface area contributed by atoms with E-state index in [1.165, 1.54) is 0 Å². The van der Waals surface area contributed by atoms with Crippen LogP contribution in [0.1, 0.15) is 26.3 Å². The number of benzene rings is 1. The van der Waals surface area contributed by atoms with Gasteiger partial charge in [0.2, 0.25) is 0 Å². The minimum Gasteiger partial charge on any atom is -0.444 e. The predicted octanol–water partition coefficient (Wildman–Crippen LogP) is 2.69. The zero-order valence-electron chi connectivity index (χ0n) is 12.0. The van der Waals surface area contributed by atoms with E-state index in [-0.39, 0.29) is 5.95 Å². The second kappa shape index (κ2) is 5.63. The lowest BCUT2D eigenvalue weighted by Crippen LogP contribution is -2.27. The van der Waals surface area contributed by atoms with Crippen molar-refractivity contribution in [3.63, 3.8) is 0 Å². The molecule has 0 unspecified atom stereocenters. The molecule has 0 fully saturated rings. The van der Waals surface area contributed by atoms with Crippen LogP contribution < -0.4 is 5.32 Å². The lowest BCUT2D eigenvalue weighted by molar-refractivity contribution is 0.0634. The van der Waals surface area contributed by atoms with E-state index in [4.69, 9.17) is 10.00 Å². The molecule has 7 heteroatoms. The number of anilines is 1. The smallest absolute Gasteiger partial charge is 0.414 e. The Kier molecular flexibility index (Phi) is 3.89. The summed E-state index contributed by atoms with van der Waals surface area (Å²) in [6.45, 7) is 5.30. The molecule has 108 valence electrons. The summed E-state index contributed by atoms with van der Waals surface area (Å²) in [5, 5.41) is 17.9. The monoisotopic (exact) mass is 285 g/mol. The lowest BCUT2D eigenvalue weighted by atomic mass is 10.1. The molecule has 1 aromatic heterocycles. The Morgan fingerprint density at radius 2 is 2.19 bits per heavy atom. The molecule has 1 heterocycles. The van der Waals surface area contributed by atoms with Gasteiger partial charge in [0, 0.05) is 5.56 Å². The number of carbonyl (C=O) groups is 1. The van der Waals surface area contributed by atoms with Crippen molar-refractivity contribution in [2.75, 3.05) is 5.32 Å². The van der Waals surface area contributed by atoms with Crippen molar-refractivity contribution in [3.05, 3.63) is 29.8 Å². The summed E-state index contributed by atoms with van der Waals surface area (Å²) in [6, 6.07) is 8.96. The second-order valence-electron chi connectivity index (χ2n) is 5.33. The Balaban J connectivity index is 2.11. The van der Waals surface area contributed by atoms with Crippen LogP contribution in [0.5, 0.6) is 0 Å². The number of aromatic nitrogens is 3. The highest BCUT2D eigenvalue weighted by atomic mass is 16.6. The molecular formula is C14H15N5O2. The molecule has 0 aliphatic carbocycles. The van der Waals surface area contributed by atoms with E-state index in [1.807, 2.05) is 0 Å². The summed E-state index contributed by atoms with van der Waals surface area (Å²) in [7, 11) is 0. The van der Waals surface area contributed by atoms with Crippen LogP contribution in [0.4, 0.5) is 10.7 Å². The molecular weight excluding hydrogens is 270 g/mol. The number of hydrogen-bond acceptors (Lipinski definition) is 5. The largest absolute Gasteiger partial charge is 0.444 e. The third-order valence-corrected chi connectivity index (χ3v) is 2.36. The van der Waals surface area contributed by atoms with Crippen molar-refractivity contribution < 1.29 is 9.53 Å². The molecule has 2 N–H and O–H groups in total. The number of ether oxygens (including phenoxy) is 1. The summed E-state index contributed by atoms with van der Waals surface area (Å²) in [6.07, 6.45) is -0.626. The highest BCUT2D eigenvalue weighted by molar-refractivity contribution is 5.82. The number of rotatable bonds is 2. The number of aromatic amines is 1. The molecule has 1 aromatic carbocycles. The Bertz CT molecular complexity index is 694. The first kappa shape index (κ1) is 14.5. The van der Waals surface area contributed by atoms with Crippen molar-refractivity contribution in [3.8, 4) is 17.5 Å². The second-order valence-corrected chi connectivity index (χ2v) is 5.33. The van der Waals surface area contributed by atoms with Crippen molar-refractivity contribution >= 4 is 12.0 Å². The maximum absolute atomic E-state index is 11.6. The van der Waals surface area contributed by atoms with Gasteiger partial charge in [-0.1, -0.05) is 12.1 Å². The number of amides is 1. The highest BCUT2D eigenvalue weighted by Gasteiger charge is 2.17. The molecule has 0 saturated carbocycles. The van der Waals surface area contributed by atoms with E-state index in [0.717, 1.165) is 0 Å². The van der Waals surface area contributed by atoms with Gasteiger partial charge in [-0.2, -0.15) is 10.2 Å². The number of nitrogens with zero attached hydrogens (tertiary/aromatic N) is 3. The molecule has 7 nitrogen and oxygen atoms in total. The molecule has 0 aliphatic heterocycles. The molecule has 0 radical (unpaired) electrons. The van der Waals surface area contributed by atoms with Gasteiger partial charge in [0.05, 0.1) is 11.6 Å². The molecule has 0 bridgehead atoms. The lowest BCUT2D eigenvalue weighted by Gasteiger charge is -2.18. The van der Waals surface area contributed by atoms with E-state index in [1.54, 1.807) is 45.0 Å². The third-order valence-electron chi connectivity index (χ3n) is 2.36. The Labute approximate surface area is 122 Å². The Morgan fingerprint density at radius 3 is 2.86 bits per heavy atom. The van der Waals surface area contributed by atoms with E-state index in [0.29, 0.717) is 17.0 Å². The number of nitrogens with one attached hydrogen (secondary N) is 2. The van der Waals surface area contributed by atoms with Gasteiger partial charge in [-0.05, 0) is 32.9 Å². The topological polar surface area (TPSA) is 104 Å². The van der Waals surface area contributed by atoms with Crippen LogP contribution in [0.3, 0.4) is 0 Å². The van der Waals surface area contributed by atoms with Crippen molar-refractivity contribution in [2.24, 2.45) is 0 Å². The molecule has 2 rings (SSSR count). The van der Waals surface area contributed by atoms with Gasteiger partial charge < -0.3 is 4.74 Å². The fraction of sp³-hybridized carbons (Fsp3) is 0.286. The first-order chi connectivity index (χ1) is 9.87. The fourth-order valence-electron chi connectivity index (χ4n) is 1.58.